The Kier molecular flexibility index (Phi) is 3.40. The SMILES string of the molecule is CNc1c(-c2cc(C(C)(C)C)ccc2C)n[nH]c1C. The fraction of sp³-hybridized carbons (Fsp3) is 0.438. The molecule has 3 heteroatoms. The highest BCUT2D eigenvalue weighted by Gasteiger charge is 2.18. The summed E-state index contributed by atoms with van der Waals surface area (Å²) in [6.45, 7) is 10.9. The van der Waals surface area contributed by atoms with E-state index in [1.807, 2.05) is 14.0 Å². The van der Waals surface area contributed by atoms with E-state index in [0.717, 1.165) is 17.1 Å². The highest BCUT2D eigenvalue weighted by Crippen LogP contribution is 2.33. The van der Waals surface area contributed by atoms with Crippen molar-refractivity contribution in [1.29, 1.82) is 0 Å². The topological polar surface area (TPSA) is 40.7 Å². The molecular weight excluding hydrogens is 234 g/mol. The minimum Gasteiger partial charge on any atom is -0.385 e. The lowest BCUT2D eigenvalue weighted by atomic mass is 9.85. The first-order valence-corrected chi connectivity index (χ1v) is 6.69. The first kappa shape index (κ1) is 13.7. The molecule has 3 nitrogen and oxygen atoms in total. The molecule has 0 unspecified atom stereocenters. The third-order valence-corrected chi connectivity index (χ3v) is 3.56. The van der Waals surface area contributed by atoms with Gasteiger partial charge in [-0.3, -0.25) is 5.10 Å². The fourth-order valence-corrected chi connectivity index (χ4v) is 2.27. The van der Waals surface area contributed by atoms with E-state index in [4.69, 9.17) is 0 Å². The largest absolute Gasteiger partial charge is 0.385 e. The number of nitrogens with zero attached hydrogens (tertiary/aromatic N) is 1. The zero-order valence-corrected chi connectivity index (χ0v) is 12.7. The van der Waals surface area contributed by atoms with Crippen molar-refractivity contribution in [2.45, 2.75) is 40.0 Å². The second kappa shape index (κ2) is 4.72. The third-order valence-electron chi connectivity index (χ3n) is 3.56. The van der Waals surface area contributed by atoms with Crippen LogP contribution in [0.15, 0.2) is 18.2 Å². The molecule has 19 heavy (non-hydrogen) atoms. The van der Waals surface area contributed by atoms with Crippen LogP contribution in [0.2, 0.25) is 0 Å². The number of nitrogens with one attached hydrogen (secondary N) is 2. The molecule has 0 aliphatic rings. The van der Waals surface area contributed by atoms with Crippen LogP contribution in [0.4, 0.5) is 5.69 Å². The number of hydrogen-bond acceptors (Lipinski definition) is 2. The molecule has 0 saturated carbocycles. The van der Waals surface area contributed by atoms with Crippen LogP contribution < -0.4 is 5.32 Å². The lowest BCUT2D eigenvalue weighted by Crippen LogP contribution is -2.11. The molecule has 1 aromatic heterocycles. The van der Waals surface area contributed by atoms with E-state index in [9.17, 15) is 0 Å². The third kappa shape index (κ3) is 2.50. The smallest absolute Gasteiger partial charge is 0.116 e. The van der Waals surface area contributed by atoms with Crippen molar-refractivity contribution in [3.8, 4) is 11.3 Å². The Hall–Kier alpha value is -1.77. The van der Waals surface area contributed by atoms with Gasteiger partial charge in [0.05, 0.1) is 11.4 Å². The average Bonchev–Trinajstić information content (AvgIpc) is 2.69. The van der Waals surface area contributed by atoms with Gasteiger partial charge in [0.2, 0.25) is 0 Å². The standard InChI is InChI=1S/C16H23N3/c1-10-7-8-12(16(3,4)5)9-13(10)15-14(17-6)11(2)18-19-15/h7-9,17H,1-6H3,(H,18,19). The molecule has 0 radical (unpaired) electrons. The maximum absolute atomic E-state index is 4.45. The van der Waals surface area contributed by atoms with Gasteiger partial charge in [0, 0.05) is 12.6 Å². The zero-order valence-electron chi connectivity index (χ0n) is 12.7. The van der Waals surface area contributed by atoms with E-state index in [-0.39, 0.29) is 5.41 Å². The lowest BCUT2D eigenvalue weighted by molar-refractivity contribution is 0.590. The van der Waals surface area contributed by atoms with Gasteiger partial charge in [0.1, 0.15) is 5.69 Å². The number of benzene rings is 1. The fourth-order valence-electron chi connectivity index (χ4n) is 2.27. The summed E-state index contributed by atoms with van der Waals surface area (Å²) in [4.78, 5) is 0. The Morgan fingerprint density at radius 1 is 1.16 bits per heavy atom. The number of anilines is 1. The van der Waals surface area contributed by atoms with Crippen LogP contribution in [0.5, 0.6) is 0 Å². The van der Waals surface area contributed by atoms with Gasteiger partial charge >= 0.3 is 0 Å². The normalized spacial score (nSPS) is 11.7. The number of aromatic nitrogens is 2. The van der Waals surface area contributed by atoms with E-state index in [1.54, 1.807) is 0 Å². The van der Waals surface area contributed by atoms with Crippen molar-refractivity contribution in [2.75, 3.05) is 12.4 Å². The second-order valence-electron chi connectivity index (χ2n) is 6.10. The van der Waals surface area contributed by atoms with E-state index in [1.165, 1.54) is 16.7 Å². The monoisotopic (exact) mass is 257 g/mol. The van der Waals surface area contributed by atoms with Crippen LogP contribution in [0.1, 0.15) is 37.6 Å². The Balaban J connectivity index is 2.61. The van der Waals surface area contributed by atoms with E-state index < -0.39 is 0 Å². The summed E-state index contributed by atoms with van der Waals surface area (Å²) in [5.74, 6) is 0. The second-order valence-corrected chi connectivity index (χ2v) is 6.10. The molecule has 0 saturated heterocycles. The Bertz CT molecular complexity index is 589. The average molecular weight is 257 g/mol. The van der Waals surface area contributed by atoms with Gasteiger partial charge in [-0.05, 0) is 36.5 Å². The van der Waals surface area contributed by atoms with E-state index in [2.05, 4.69) is 61.4 Å². The van der Waals surface area contributed by atoms with Crippen LogP contribution in [-0.2, 0) is 5.41 Å². The molecule has 1 heterocycles. The predicted octanol–water partition coefficient (Wildman–Crippen LogP) is 4.03. The van der Waals surface area contributed by atoms with Crippen molar-refractivity contribution in [3.63, 3.8) is 0 Å². The molecule has 1 aromatic carbocycles. The number of rotatable bonds is 2. The molecule has 0 aliphatic carbocycles. The molecule has 2 aromatic rings. The van der Waals surface area contributed by atoms with E-state index >= 15 is 0 Å². The van der Waals surface area contributed by atoms with Crippen LogP contribution in [0, 0.1) is 13.8 Å². The molecule has 0 fully saturated rings. The lowest BCUT2D eigenvalue weighted by Gasteiger charge is -2.20. The van der Waals surface area contributed by atoms with Gasteiger partial charge in [-0.2, -0.15) is 5.10 Å². The number of aryl methyl sites for hydroxylation is 2. The van der Waals surface area contributed by atoms with Crippen molar-refractivity contribution in [2.24, 2.45) is 0 Å². The summed E-state index contributed by atoms with van der Waals surface area (Å²) in [7, 11) is 1.93. The quantitative estimate of drug-likeness (QED) is 0.852. The Morgan fingerprint density at radius 3 is 2.42 bits per heavy atom. The van der Waals surface area contributed by atoms with Gasteiger partial charge < -0.3 is 5.32 Å². The molecule has 0 amide bonds. The van der Waals surface area contributed by atoms with Crippen molar-refractivity contribution < 1.29 is 0 Å². The summed E-state index contributed by atoms with van der Waals surface area (Å²) >= 11 is 0. The zero-order chi connectivity index (χ0) is 14.2. The Morgan fingerprint density at radius 2 is 1.84 bits per heavy atom. The minimum atomic E-state index is 0.146. The predicted molar refractivity (Wildman–Crippen MR) is 81.7 cm³/mol. The van der Waals surface area contributed by atoms with Crippen LogP contribution in [0.3, 0.4) is 0 Å². The summed E-state index contributed by atoms with van der Waals surface area (Å²) in [6.07, 6.45) is 0. The molecule has 0 spiro atoms. The van der Waals surface area contributed by atoms with Crippen molar-refractivity contribution in [1.82, 2.24) is 10.2 Å². The number of hydrogen-bond donors (Lipinski definition) is 2. The maximum atomic E-state index is 4.45. The highest BCUT2D eigenvalue weighted by molar-refractivity contribution is 5.78. The molecule has 0 aliphatic heterocycles. The van der Waals surface area contributed by atoms with Gasteiger partial charge in [-0.25, -0.2) is 0 Å². The summed E-state index contributed by atoms with van der Waals surface area (Å²) in [5.41, 5.74) is 7.07. The number of aromatic amines is 1. The van der Waals surface area contributed by atoms with Crippen molar-refractivity contribution in [3.05, 3.63) is 35.0 Å². The first-order chi connectivity index (χ1) is 8.84. The molecule has 2 rings (SSSR count). The maximum Gasteiger partial charge on any atom is 0.116 e. The minimum absolute atomic E-state index is 0.146. The number of H-pyrrole nitrogens is 1. The van der Waals surface area contributed by atoms with Crippen LogP contribution >= 0.6 is 0 Å². The molecule has 2 N–H and O–H groups in total. The summed E-state index contributed by atoms with van der Waals surface area (Å²) in [6, 6.07) is 6.64. The summed E-state index contributed by atoms with van der Waals surface area (Å²) in [5, 5.41) is 10.7. The van der Waals surface area contributed by atoms with Gasteiger partial charge in [-0.1, -0.05) is 32.9 Å². The van der Waals surface area contributed by atoms with Crippen LogP contribution in [-0.4, -0.2) is 17.2 Å². The van der Waals surface area contributed by atoms with Gasteiger partial charge in [0.15, 0.2) is 0 Å². The molecule has 0 bridgehead atoms. The summed E-state index contributed by atoms with van der Waals surface area (Å²) < 4.78 is 0. The van der Waals surface area contributed by atoms with Gasteiger partial charge in [-0.15, -0.1) is 0 Å². The highest BCUT2D eigenvalue weighted by atomic mass is 15.1. The van der Waals surface area contributed by atoms with Crippen molar-refractivity contribution >= 4 is 5.69 Å². The molecule has 102 valence electrons. The molecular formula is C16H23N3. The van der Waals surface area contributed by atoms with Gasteiger partial charge in [0.25, 0.3) is 0 Å². The van der Waals surface area contributed by atoms with E-state index in [0.29, 0.717) is 0 Å². The van der Waals surface area contributed by atoms with Crippen LogP contribution in [0.25, 0.3) is 11.3 Å². The Labute approximate surface area is 115 Å². The first-order valence-electron chi connectivity index (χ1n) is 6.69. The molecule has 0 atom stereocenters.